The number of rotatable bonds is 3. The Balaban J connectivity index is 0.00000192. The summed E-state index contributed by atoms with van der Waals surface area (Å²) in [4.78, 5) is 0. The van der Waals surface area contributed by atoms with E-state index in [1.807, 2.05) is 24.3 Å². The minimum atomic E-state index is 0. The second kappa shape index (κ2) is 7.46. The Bertz CT molecular complexity index is 1130. The third kappa shape index (κ3) is 3.03. The largest absolute Gasteiger partial charge is 0.320 e. The van der Waals surface area contributed by atoms with Gasteiger partial charge in [-0.2, -0.15) is 5.10 Å². The molecular weight excluding hydrogens is 523 g/mol. The molecule has 0 spiro atoms. The van der Waals surface area contributed by atoms with Crippen molar-refractivity contribution in [3.05, 3.63) is 89.7 Å². The van der Waals surface area contributed by atoms with Gasteiger partial charge in [-0.1, -0.05) is 44.2 Å². The fourth-order valence-electron chi connectivity index (χ4n) is 3.90. The molecule has 1 aromatic heterocycles. The average molecular weight is 543 g/mol. The van der Waals surface area contributed by atoms with E-state index >= 15 is 0 Å². The van der Waals surface area contributed by atoms with Gasteiger partial charge in [-0.05, 0) is 40.8 Å². The fraction of sp³-hybridized carbons (Fsp3) is 0.167. The summed E-state index contributed by atoms with van der Waals surface area (Å²) in [7, 11) is 0. The molecule has 3 aromatic carbocycles. The van der Waals surface area contributed by atoms with Crippen molar-refractivity contribution < 1.29 is 20.1 Å². The van der Waals surface area contributed by atoms with E-state index in [0.29, 0.717) is 0 Å². The first-order valence-corrected chi connectivity index (χ1v) is 9.36. The van der Waals surface area contributed by atoms with E-state index in [4.69, 9.17) is 0 Å². The molecule has 5 rings (SSSR count). The minimum Gasteiger partial charge on any atom is -0.320 e. The second-order valence-electron chi connectivity index (χ2n) is 7.32. The second-order valence-corrected chi connectivity index (χ2v) is 7.32. The molecule has 141 valence electrons. The number of aromatic nitrogens is 3. The number of hydrogen-bond acceptors (Lipinski definition) is 2. The van der Waals surface area contributed by atoms with Crippen LogP contribution in [0.1, 0.15) is 36.7 Å². The topological polar surface area (TPSA) is 30.7 Å². The summed E-state index contributed by atoms with van der Waals surface area (Å²) < 4.78 is 2.18. The molecule has 28 heavy (non-hydrogen) atoms. The zero-order valence-electron chi connectivity index (χ0n) is 15.8. The van der Waals surface area contributed by atoms with Crippen LogP contribution in [0.25, 0.3) is 28.2 Å². The predicted octanol–water partition coefficient (Wildman–Crippen LogP) is 5.43. The molecule has 1 radical (unpaired) electrons. The van der Waals surface area contributed by atoms with Crippen molar-refractivity contribution in [2.75, 3.05) is 0 Å². The molecule has 0 unspecified atom stereocenters. The molecule has 3 nitrogen and oxygen atoms in total. The van der Waals surface area contributed by atoms with Gasteiger partial charge in [0.05, 0.1) is 5.82 Å². The summed E-state index contributed by atoms with van der Waals surface area (Å²) in [5, 5.41) is 8.99. The van der Waals surface area contributed by atoms with Crippen LogP contribution < -0.4 is 0 Å². The molecule has 0 N–H and O–H groups in total. The summed E-state index contributed by atoms with van der Waals surface area (Å²) in [6.45, 7) is 4.31. The van der Waals surface area contributed by atoms with Gasteiger partial charge in [0.2, 0.25) is 0 Å². The zero-order valence-corrected chi connectivity index (χ0v) is 18.2. The Hall–Kier alpha value is -2.55. The first-order valence-electron chi connectivity index (χ1n) is 9.36. The van der Waals surface area contributed by atoms with Crippen LogP contribution >= 0.6 is 0 Å². The van der Waals surface area contributed by atoms with Crippen LogP contribution in [0.2, 0.25) is 0 Å². The van der Waals surface area contributed by atoms with E-state index in [0.717, 1.165) is 29.3 Å². The van der Waals surface area contributed by atoms with Crippen molar-refractivity contribution in [1.29, 1.82) is 0 Å². The zero-order chi connectivity index (χ0) is 18.4. The Labute approximate surface area is 178 Å². The van der Waals surface area contributed by atoms with Gasteiger partial charge in [0, 0.05) is 31.7 Å². The van der Waals surface area contributed by atoms with E-state index in [1.165, 1.54) is 22.3 Å². The summed E-state index contributed by atoms with van der Waals surface area (Å²) >= 11 is 0. The van der Waals surface area contributed by atoms with Crippen molar-refractivity contribution in [3.8, 4) is 28.2 Å². The molecule has 0 atom stereocenters. The quantitative estimate of drug-likeness (QED) is 0.285. The molecule has 0 fully saturated rings. The predicted molar refractivity (Wildman–Crippen MR) is 108 cm³/mol. The van der Waals surface area contributed by atoms with Crippen LogP contribution in [-0.4, -0.2) is 14.8 Å². The maximum Gasteiger partial charge on any atom is 0.131 e. The Kier molecular flexibility index (Phi) is 5.01. The molecular formula is C24H20IrN3-. The van der Waals surface area contributed by atoms with Gasteiger partial charge in [0.1, 0.15) is 5.82 Å². The maximum atomic E-state index is 4.50. The van der Waals surface area contributed by atoms with E-state index < -0.39 is 0 Å². The fourth-order valence-corrected chi connectivity index (χ4v) is 3.90. The summed E-state index contributed by atoms with van der Waals surface area (Å²) in [6, 6.07) is 26.6. The summed E-state index contributed by atoms with van der Waals surface area (Å²) in [5.74, 6) is 2.09. The van der Waals surface area contributed by atoms with Crippen LogP contribution in [0, 0.1) is 6.07 Å². The molecule has 1 heterocycles. The van der Waals surface area contributed by atoms with Crippen LogP contribution in [0.3, 0.4) is 0 Å². The molecule has 0 amide bonds. The van der Waals surface area contributed by atoms with Gasteiger partial charge in [0.15, 0.2) is 0 Å². The van der Waals surface area contributed by atoms with Crippen LogP contribution in [-0.2, 0) is 26.5 Å². The van der Waals surface area contributed by atoms with E-state index in [1.54, 1.807) is 0 Å². The SMILES string of the molecule is CC(C)c1nnc(-c2[c-]cccc2)n1-c1ccc2c(c1)Cc1ccccc1-2.[Ir]. The molecule has 0 saturated heterocycles. The van der Waals surface area contributed by atoms with Gasteiger partial charge < -0.3 is 4.57 Å². The Morgan fingerprint density at radius 2 is 1.68 bits per heavy atom. The minimum absolute atomic E-state index is 0. The average Bonchev–Trinajstić information content (AvgIpc) is 3.30. The first kappa shape index (κ1) is 18.8. The van der Waals surface area contributed by atoms with Crippen LogP contribution in [0.4, 0.5) is 0 Å². The number of nitrogens with zero attached hydrogens (tertiary/aromatic N) is 3. The number of fused-ring (bicyclic) bond motifs is 3. The van der Waals surface area contributed by atoms with E-state index in [-0.39, 0.29) is 26.0 Å². The molecule has 1 aliphatic carbocycles. The molecule has 0 aliphatic heterocycles. The summed E-state index contributed by atoms with van der Waals surface area (Å²) in [6.07, 6.45) is 0.977. The molecule has 0 bridgehead atoms. The van der Waals surface area contributed by atoms with Crippen molar-refractivity contribution in [3.63, 3.8) is 0 Å². The summed E-state index contributed by atoms with van der Waals surface area (Å²) in [5.41, 5.74) is 7.52. The van der Waals surface area contributed by atoms with Gasteiger partial charge in [-0.15, -0.1) is 41.0 Å². The third-order valence-electron chi connectivity index (χ3n) is 5.19. The van der Waals surface area contributed by atoms with Crippen molar-refractivity contribution >= 4 is 0 Å². The Morgan fingerprint density at radius 1 is 0.893 bits per heavy atom. The Morgan fingerprint density at radius 3 is 2.46 bits per heavy atom. The molecule has 4 aromatic rings. The molecule has 0 saturated carbocycles. The van der Waals surface area contributed by atoms with E-state index in [9.17, 15) is 0 Å². The monoisotopic (exact) mass is 543 g/mol. The number of benzene rings is 3. The smallest absolute Gasteiger partial charge is 0.131 e. The first-order chi connectivity index (χ1) is 13.2. The number of hydrogen-bond donors (Lipinski definition) is 0. The van der Waals surface area contributed by atoms with Gasteiger partial charge in [-0.3, -0.25) is 0 Å². The van der Waals surface area contributed by atoms with Gasteiger partial charge in [0.25, 0.3) is 0 Å². The van der Waals surface area contributed by atoms with Crippen LogP contribution in [0.5, 0.6) is 0 Å². The third-order valence-corrected chi connectivity index (χ3v) is 5.19. The van der Waals surface area contributed by atoms with Gasteiger partial charge in [-0.25, -0.2) is 0 Å². The van der Waals surface area contributed by atoms with Crippen molar-refractivity contribution in [1.82, 2.24) is 14.8 Å². The molecule has 1 aliphatic rings. The van der Waals surface area contributed by atoms with Gasteiger partial charge >= 0.3 is 0 Å². The molecule has 4 heteroatoms. The van der Waals surface area contributed by atoms with Crippen LogP contribution in [0.15, 0.2) is 66.7 Å². The maximum absolute atomic E-state index is 4.50. The standard InChI is InChI=1S/C24H20N3.Ir/c1-16(2)23-25-26-24(17-8-4-3-5-9-17)27(23)20-12-13-22-19(15-20)14-18-10-6-7-11-21(18)22;/h3-8,10-13,15-16H,14H2,1-2H3;/q-1;. The van der Waals surface area contributed by atoms with Crippen molar-refractivity contribution in [2.24, 2.45) is 0 Å². The normalized spacial score (nSPS) is 11.8. The van der Waals surface area contributed by atoms with Crippen molar-refractivity contribution in [2.45, 2.75) is 26.2 Å². The van der Waals surface area contributed by atoms with E-state index in [2.05, 4.69) is 77.1 Å².